The van der Waals surface area contributed by atoms with Gasteiger partial charge in [0.05, 0.1) is 6.42 Å². The zero-order valence-electron chi connectivity index (χ0n) is 10.1. The fourth-order valence-corrected chi connectivity index (χ4v) is 2.65. The van der Waals surface area contributed by atoms with Crippen molar-refractivity contribution in [2.24, 2.45) is 0 Å². The van der Waals surface area contributed by atoms with Crippen molar-refractivity contribution in [2.75, 3.05) is 6.61 Å². The Morgan fingerprint density at radius 3 is 1.82 bits per heavy atom. The maximum absolute atomic E-state index is 12.0. The van der Waals surface area contributed by atoms with Crippen molar-refractivity contribution in [3.63, 3.8) is 0 Å². The highest BCUT2D eigenvalue weighted by molar-refractivity contribution is 14.1. The van der Waals surface area contributed by atoms with Gasteiger partial charge in [-0.05, 0) is 12.8 Å². The number of hydrogen-bond donors (Lipinski definition) is 1. The predicted octanol–water partition coefficient (Wildman–Crippen LogP) is 4.86. The number of rotatable bonds is 10. The molecule has 104 valence electrons. The molecule has 0 aliphatic carbocycles. The van der Waals surface area contributed by atoms with Crippen molar-refractivity contribution in [2.45, 2.75) is 67.9 Å². The molecular formula is C12H22F3IO. The lowest BCUT2D eigenvalue weighted by Crippen LogP contribution is -2.14. The molecule has 0 bridgehead atoms. The fraction of sp³-hybridized carbons (Fsp3) is 1.00. The molecule has 0 fully saturated rings. The number of halogens is 4. The second kappa shape index (κ2) is 10.4. The summed E-state index contributed by atoms with van der Waals surface area (Å²) in [4.78, 5) is 0. The Morgan fingerprint density at radius 1 is 0.882 bits per heavy atom. The molecule has 0 heterocycles. The van der Waals surface area contributed by atoms with E-state index in [1.165, 1.54) is 0 Å². The molecule has 1 atom stereocenters. The minimum atomic E-state index is -4.02. The zero-order chi connectivity index (χ0) is 13.1. The van der Waals surface area contributed by atoms with E-state index >= 15 is 0 Å². The molecule has 1 N–H and O–H groups in total. The van der Waals surface area contributed by atoms with Crippen molar-refractivity contribution in [1.29, 1.82) is 0 Å². The zero-order valence-corrected chi connectivity index (χ0v) is 12.3. The summed E-state index contributed by atoms with van der Waals surface area (Å²) >= 11 is 1.90. The van der Waals surface area contributed by atoms with Crippen LogP contribution in [0.3, 0.4) is 0 Å². The Hall–Kier alpha value is 0.480. The third-order valence-corrected chi connectivity index (χ3v) is 3.69. The van der Waals surface area contributed by atoms with Crippen LogP contribution < -0.4 is 0 Å². The monoisotopic (exact) mass is 366 g/mol. The second-order valence-electron chi connectivity index (χ2n) is 4.40. The maximum Gasteiger partial charge on any atom is 0.390 e. The smallest absolute Gasteiger partial charge is 0.390 e. The van der Waals surface area contributed by atoms with Gasteiger partial charge >= 0.3 is 6.18 Å². The van der Waals surface area contributed by atoms with Crippen LogP contribution in [-0.2, 0) is 0 Å². The second-order valence-corrected chi connectivity index (χ2v) is 6.17. The molecule has 0 radical (unpaired) electrons. The highest BCUT2D eigenvalue weighted by Crippen LogP contribution is 2.28. The van der Waals surface area contributed by atoms with Crippen LogP contribution in [0.2, 0.25) is 0 Å². The normalized spacial score (nSPS) is 13.9. The van der Waals surface area contributed by atoms with Crippen molar-refractivity contribution in [1.82, 2.24) is 0 Å². The van der Waals surface area contributed by atoms with Crippen LogP contribution in [0, 0.1) is 0 Å². The van der Waals surface area contributed by atoms with Gasteiger partial charge in [0.15, 0.2) is 0 Å². The summed E-state index contributed by atoms with van der Waals surface area (Å²) in [6, 6.07) is 0. The van der Waals surface area contributed by atoms with Crippen LogP contribution >= 0.6 is 22.6 Å². The van der Waals surface area contributed by atoms with E-state index in [0.29, 0.717) is 6.42 Å². The van der Waals surface area contributed by atoms with Gasteiger partial charge in [-0.15, -0.1) is 0 Å². The van der Waals surface area contributed by atoms with E-state index in [2.05, 4.69) is 0 Å². The Balaban J connectivity index is 3.22. The lowest BCUT2D eigenvalue weighted by Gasteiger charge is -2.12. The minimum Gasteiger partial charge on any atom is -0.396 e. The molecule has 0 aliphatic rings. The van der Waals surface area contributed by atoms with Gasteiger partial charge in [-0.3, -0.25) is 0 Å². The van der Waals surface area contributed by atoms with Crippen LogP contribution in [0.5, 0.6) is 0 Å². The Bertz CT molecular complexity index is 174. The van der Waals surface area contributed by atoms with E-state index in [0.717, 1.165) is 44.9 Å². The lowest BCUT2D eigenvalue weighted by atomic mass is 10.1. The molecular weight excluding hydrogens is 344 g/mol. The van der Waals surface area contributed by atoms with Crippen LogP contribution in [0.4, 0.5) is 13.2 Å². The molecule has 17 heavy (non-hydrogen) atoms. The van der Waals surface area contributed by atoms with Crippen molar-refractivity contribution in [3.05, 3.63) is 0 Å². The third-order valence-electron chi connectivity index (χ3n) is 2.63. The molecule has 0 rings (SSSR count). The first-order chi connectivity index (χ1) is 7.95. The van der Waals surface area contributed by atoms with E-state index in [1.54, 1.807) is 0 Å². The minimum absolute atomic E-state index is 0.258. The van der Waals surface area contributed by atoms with E-state index in [-0.39, 0.29) is 10.5 Å². The molecule has 0 saturated carbocycles. The number of unbranched alkanes of at least 4 members (excludes halogenated alkanes) is 6. The predicted molar refractivity (Wildman–Crippen MR) is 72.5 cm³/mol. The molecule has 0 saturated heterocycles. The third kappa shape index (κ3) is 14.4. The molecule has 0 amide bonds. The summed E-state index contributed by atoms with van der Waals surface area (Å²) in [6.45, 7) is 0.258. The highest BCUT2D eigenvalue weighted by atomic mass is 127. The average Bonchev–Trinajstić information content (AvgIpc) is 2.19. The first-order valence-electron chi connectivity index (χ1n) is 6.27. The summed E-state index contributed by atoms with van der Waals surface area (Å²) in [5.41, 5.74) is 0. The highest BCUT2D eigenvalue weighted by Gasteiger charge is 2.30. The van der Waals surface area contributed by atoms with Gasteiger partial charge in [0.2, 0.25) is 0 Å². The molecule has 0 aromatic rings. The number of hydrogen-bond acceptors (Lipinski definition) is 1. The molecule has 0 aliphatic heterocycles. The van der Waals surface area contributed by atoms with Gasteiger partial charge in [0.25, 0.3) is 0 Å². The van der Waals surface area contributed by atoms with Gasteiger partial charge in [-0.2, -0.15) is 13.2 Å². The molecule has 1 nitrogen and oxygen atoms in total. The van der Waals surface area contributed by atoms with Gasteiger partial charge < -0.3 is 5.11 Å². The van der Waals surface area contributed by atoms with Crippen LogP contribution in [0.1, 0.15) is 57.8 Å². The first kappa shape index (κ1) is 17.5. The van der Waals surface area contributed by atoms with Crippen molar-refractivity contribution < 1.29 is 18.3 Å². The standard InChI is InChI=1S/C12H22F3IO/c13-12(14,15)10-11(16)8-6-4-2-1-3-5-7-9-17/h11,17H,1-10H2. The molecule has 1 unspecified atom stereocenters. The summed E-state index contributed by atoms with van der Waals surface area (Å²) in [7, 11) is 0. The SMILES string of the molecule is OCCCCCCCCCC(I)CC(F)(F)F. The molecule has 0 aromatic heterocycles. The van der Waals surface area contributed by atoms with E-state index in [9.17, 15) is 13.2 Å². The summed E-state index contributed by atoms with van der Waals surface area (Å²) in [5, 5.41) is 8.57. The number of aliphatic hydroxyl groups excluding tert-OH is 1. The maximum atomic E-state index is 12.0. The van der Waals surface area contributed by atoms with E-state index in [1.807, 2.05) is 22.6 Å². The van der Waals surface area contributed by atoms with Gasteiger partial charge in [-0.25, -0.2) is 0 Å². The number of aliphatic hydroxyl groups is 1. The summed E-state index contributed by atoms with van der Waals surface area (Å²) in [6.07, 6.45) is 3.17. The van der Waals surface area contributed by atoms with Crippen LogP contribution in [0.25, 0.3) is 0 Å². The molecule has 0 aromatic carbocycles. The van der Waals surface area contributed by atoms with Gasteiger partial charge in [0, 0.05) is 10.5 Å². The van der Waals surface area contributed by atoms with Gasteiger partial charge in [-0.1, -0.05) is 61.1 Å². The lowest BCUT2D eigenvalue weighted by molar-refractivity contribution is -0.133. The molecule has 0 spiro atoms. The fourth-order valence-electron chi connectivity index (χ4n) is 1.71. The van der Waals surface area contributed by atoms with Crippen LogP contribution in [-0.4, -0.2) is 21.8 Å². The Labute approximate surface area is 115 Å². The Morgan fingerprint density at radius 2 is 1.35 bits per heavy atom. The van der Waals surface area contributed by atoms with E-state index in [4.69, 9.17) is 5.11 Å². The van der Waals surface area contributed by atoms with Crippen LogP contribution in [0.15, 0.2) is 0 Å². The van der Waals surface area contributed by atoms with Crippen molar-refractivity contribution in [3.8, 4) is 0 Å². The average molecular weight is 366 g/mol. The number of alkyl halides is 4. The summed E-state index contributed by atoms with van der Waals surface area (Å²) < 4.78 is 35.8. The Kier molecular flexibility index (Phi) is 10.7. The van der Waals surface area contributed by atoms with Crippen molar-refractivity contribution >= 4 is 22.6 Å². The first-order valence-corrected chi connectivity index (χ1v) is 7.52. The van der Waals surface area contributed by atoms with Gasteiger partial charge in [0.1, 0.15) is 0 Å². The molecule has 5 heteroatoms. The largest absolute Gasteiger partial charge is 0.396 e. The topological polar surface area (TPSA) is 20.2 Å². The summed E-state index contributed by atoms with van der Waals surface area (Å²) in [5.74, 6) is 0. The quantitative estimate of drug-likeness (QED) is 0.333. The van der Waals surface area contributed by atoms with E-state index < -0.39 is 12.6 Å².